The van der Waals surface area contributed by atoms with Gasteiger partial charge in [-0.2, -0.15) is 0 Å². The average molecular weight is 313 g/mol. The SMILES string of the molecule is O=[N+]([O-])c1ccc(NS(=O)(=O)CBr)c(F)c1. The van der Waals surface area contributed by atoms with Crippen LogP contribution in [0.25, 0.3) is 0 Å². The van der Waals surface area contributed by atoms with Gasteiger partial charge in [0.25, 0.3) is 5.69 Å². The smallest absolute Gasteiger partial charge is 0.272 e. The van der Waals surface area contributed by atoms with Gasteiger partial charge in [-0.05, 0) is 6.07 Å². The summed E-state index contributed by atoms with van der Waals surface area (Å²) in [5, 5.41) is 10.3. The van der Waals surface area contributed by atoms with Crippen LogP contribution in [0.4, 0.5) is 15.8 Å². The van der Waals surface area contributed by atoms with Crippen molar-refractivity contribution < 1.29 is 17.7 Å². The number of benzene rings is 1. The topological polar surface area (TPSA) is 89.3 Å². The Labute approximate surface area is 98.8 Å². The lowest BCUT2D eigenvalue weighted by molar-refractivity contribution is -0.385. The largest absolute Gasteiger partial charge is 0.280 e. The molecule has 0 atom stereocenters. The molecule has 88 valence electrons. The molecule has 0 heterocycles. The summed E-state index contributed by atoms with van der Waals surface area (Å²) >= 11 is 2.71. The molecule has 0 amide bonds. The molecule has 6 nitrogen and oxygen atoms in total. The van der Waals surface area contributed by atoms with Crippen LogP contribution < -0.4 is 4.72 Å². The highest BCUT2D eigenvalue weighted by Crippen LogP contribution is 2.21. The fourth-order valence-electron chi connectivity index (χ4n) is 0.895. The van der Waals surface area contributed by atoms with Gasteiger partial charge in [0.05, 0.1) is 16.7 Å². The molecule has 1 N–H and O–H groups in total. The number of anilines is 1. The molecule has 0 radical (unpaired) electrons. The first kappa shape index (κ1) is 12.8. The third-order valence-electron chi connectivity index (χ3n) is 1.57. The molecule has 0 aliphatic rings. The van der Waals surface area contributed by atoms with E-state index in [2.05, 4.69) is 15.9 Å². The number of hydrogen-bond acceptors (Lipinski definition) is 4. The van der Waals surface area contributed by atoms with Crippen molar-refractivity contribution in [2.75, 3.05) is 9.38 Å². The second kappa shape index (κ2) is 4.74. The van der Waals surface area contributed by atoms with Crippen molar-refractivity contribution in [3.63, 3.8) is 0 Å². The number of nitrogens with one attached hydrogen (secondary N) is 1. The number of non-ortho nitro benzene ring substituents is 1. The number of sulfonamides is 1. The highest BCUT2D eigenvalue weighted by molar-refractivity contribution is 9.10. The van der Waals surface area contributed by atoms with E-state index in [9.17, 15) is 22.9 Å². The normalized spacial score (nSPS) is 11.1. The lowest BCUT2D eigenvalue weighted by atomic mass is 10.3. The summed E-state index contributed by atoms with van der Waals surface area (Å²) < 4.78 is 36.9. The van der Waals surface area contributed by atoms with Gasteiger partial charge in [0.2, 0.25) is 10.0 Å². The summed E-state index contributed by atoms with van der Waals surface area (Å²) in [6.07, 6.45) is 0. The minimum Gasteiger partial charge on any atom is -0.280 e. The molecule has 1 rings (SSSR count). The maximum absolute atomic E-state index is 13.2. The van der Waals surface area contributed by atoms with Crippen molar-refractivity contribution in [1.82, 2.24) is 0 Å². The van der Waals surface area contributed by atoms with Gasteiger partial charge in [-0.15, -0.1) is 0 Å². The molecule has 0 saturated heterocycles. The predicted molar refractivity (Wildman–Crippen MR) is 59.4 cm³/mol. The predicted octanol–water partition coefficient (Wildman–Crippen LogP) is 1.83. The standard InChI is InChI=1S/C7H6BrFN2O4S/c8-4-16(14,15)10-7-2-1-5(11(12)13)3-6(7)9/h1-3,10H,4H2. The van der Waals surface area contributed by atoms with E-state index >= 15 is 0 Å². The molecule has 0 aliphatic carbocycles. The van der Waals surface area contributed by atoms with Crippen LogP contribution in [0.15, 0.2) is 18.2 Å². The third kappa shape index (κ3) is 3.14. The summed E-state index contributed by atoms with van der Waals surface area (Å²) in [6, 6.07) is 2.65. The summed E-state index contributed by atoms with van der Waals surface area (Å²) in [5.74, 6) is -1.00. The second-order valence-electron chi connectivity index (χ2n) is 2.75. The third-order valence-corrected chi connectivity index (χ3v) is 4.20. The van der Waals surface area contributed by atoms with Gasteiger partial charge in [-0.1, -0.05) is 15.9 Å². The lowest BCUT2D eigenvalue weighted by Gasteiger charge is -2.05. The number of halogens is 2. The van der Waals surface area contributed by atoms with Crippen molar-refractivity contribution in [3.8, 4) is 0 Å². The highest BCUT2D eigenvalue weighted by atomic mass is 79.9. The Balaban J connectivity index is 3.05. The Morgan fingerprint density at radius 3 is 2.56 bits per heavy atom. The van der Waals surface area contributed by atoms with Crippen molar-refractivity contribution in [2.45, 2.75) is 0 Å². The molecule has 0 fully saturated rings. The summed E-state index contributed by atoms with van der Waals surface area (Å²) in [4.78, 5) is 9.53. The summed E-state index contributed by atoms with van der Waals surface area (Å²) in [5.41, 5.74) is -0.774. The Morgan fingerprint density at radius 2 is 2.12 bits per heavy atom. The van der Waals surface area contributed by atoms with Gasteiger partial charge in [0.15, 0.2) is 5.82 Å². The van der Waals surface area contributed by atoms with Crippen LogP contribution in [-0.4, -0.2) is 18.0 Å². The first-order chi connectivity index (χ1) is 7.35. The number of alkyl halides is 1. The zero-order valence-corrected chi connectivity index (χ0v) is 10.1. The molecule has 0 bridgehead atoms. The minimum atomic E-state index is -3.67. The van der Waals surface area contributed by atoms with Gasteiger partial charge in [0, 0.05) is 6.07 Å². The van der Waals surface area contributed by atoms with Crippen LogP contribution in [-0.2, 0) is 10.0 Å². The summed E-state index contributed by atoms with van der Waals surface area (Å²) in [6.45, 7) is 0. The van der Waals surface area contributed by atoms with Crippen molar-refractivity contribution in [2.24, 2.45) is 0 Å². The molecular formula is C7H6BrFN2O4S. The molecule has 1 aromatic rings. The fourth-order valence-corrected chi connectivity index (χ4v) is 1.79. The lowest BCUT2D eigenvalue weighted by Crippen LogP contribution is -2.14. The Bertz CT molecular complexity index is 519. The van der Waals surface area contributed by atoms with E-state index in [1.54, 1.807) is 0 Å². The van der Waals surface area contributed by atoms with E-state index in [-0.39, 0.29) is 5.69 Å². The maximum atomic E-state index is 13.2. The fraction of sp³-hybridized carbons (Fsp3) is 0.143. The quantitative estimate of drug-likeness (QED) is 0.522. The molecule has 0 aliphatic heterocycles. The van der Waals surface area contributed by atoms with E-state index in [4.69, 9.17) is 0 Å². The molecule has 16 heavy (non-hydrogen) atoms. The number of nitro groups is 1. The highest BCUT2D eigenvalue weighted by Gasteiger charge is 2.14. The molecule has 0 aromatic heterocycles. The van der Waals surface area contributed by atoms with E-state index in [1.807, 2.05) is 4.72 Å². The molecule has 9 heteroatoms. The van der Waals surface area contributed by atoms with E-state index in [0.29, 0.717) is 6.07 Å². The minimum absolute atomic E-state index is 0.329. The van der Waals surface area contributed by atoms with Crippen LogP contribution in [0.1, 0.15) is 0 Å². The number of nitrogens with zero attached hydrogens (tertiary/aromatic N) is 1. The number of rotatable bonds is 4. The van der Waals surface area contributed by atoms with E-state index in [1.165, 1.54) is 0 Å². The molecular weight excluding hydrogens is 307 g/mol. The van der Waals surface area contributed by atoms with Crippen molar-refractivity contribution in [3.05, 3.63) is 34.1 Å². The Hall–Kier alpha value is -1.22. The molecule has 1 aromatic carbocycles. The zero-order valence-electron chi connectivity index (χ0n) is 7.68. The molecule has 0 unspecified atom stereocenters. The summed E-state index contributed by atoms with van der Waals surface area (Å²) in [7, 11) is -3.67. The first-order valence-corrected chi connectivity index (χ1v) is 6.63. The van der Waals surface area contributed by atoms with Gasteiger partial charge in [0.1, 0.15) is 4.66 Å². The van der Waals surface area contributed by atoms with Gasteiger partial charge in [-0.25, -0.2) is 12.8 Å². The Kier molecular flexibility index (Phi) is 3.81. The maximum Gasteiger partial charge on any atom is 0.272 e. The molecule has 0 spiro atoms. The second-order valence-corrected chi connectivity index (χ2v) is 5.77. The number of nitro benzene ring substituents is 1. The van der Waals surface area contributed by atoms with Gasteiger partial charge < -0.3 is 0 Å². The monoisotopic (exact) mass is 312 g/mol. The first-order valence-electron chi connectivity index (χ1n) is 3.86. The van der Waals surface area contributed by atoms with Gasteiger partial charge in [-0.3, -0.25) is 14.8 Å². The van der Waals surface area contributed by atoms with Crippen molar-refractivity contribution >= 4 is 37.3 Å². The van der Waals surface area contributed by atoms with Crippen LogP contribution in [0.5, 0.6) is 0 Å². The molecule has 0 saturated carbocycles. The van der Waals surface area contributed by atoms with Crippen LogP contribution in [0, 0.1) is 15.9 Å². The Morgan fingerprint density at radius 1 is 1.50 bits per heavy atom. The van der Waals surface area contributed by atoms with Crippen LogP contribution >= 0.6 is 15.9 Å². The van der Waals surface area contributed by atoms with E-state index < -0.39 is 31.1 Å². The van der Waals surface area contributed by atoms with Crippen molar-refractivity contribution in [1.29, 1.82) is 0 Å². The number of hydrogen-bond donors (Lipinski definition) is 1. The van der Waals surface area contributed by atoms with Crippen LogP contribution in [0.2, 0.25) is 0 Å². The van der Waals surface area contributed by atoms with Crippen LogP contribution in [0.3, 0.4) is 0 Å². The van der Waals surface area contributed by atoms with E-state index in [0.717, 1.165) is 12.1 Å². The van der Waals surface area contributed by atoms with Gasteiger partial charge >= 0.3 is 0 Å². The average Bonchev–Trinajstić information content (AvgIpc) is 2.20. The zero-order chi connectivity index (χ0) is 12.3.